The molecule has 0 amide bonds. The standard InChI is InChI=1S/C28H21N3O/c1-2-12-26-22(7-1)19-32-28-14-13-21(25-11-6-16-30-25)18-27(28)31(26)23-9-5-8-20(17-23)24-10-3-4-15-29-24/h1-10,12-18H,11,19H2. The number of aromatic nitrogens is 1. The van der Waals surface area contributed by atoms with E-state index in [1.165, 1.54) is 0 Å². The summed E-state index contributed by atoms with van der Waals surface area (Å²) in [6, 6.07) is 29.3. The lowest BCUT2D eigenvalue weighted by Crippen LogP contribution is -2.11. The second kappa shape index (κ2) is 7.82. The van der Waals surface area contributed by atoms with Gasteiger partial charge in [-0.05, 0) is 54.1 Å². The summed E-state index contributed by atoms with van der Waals surface area (Å²) in [5.74, 6) is 0.861. The number of allylic oxidation sites excluding steroid dienone is 1. The molecule has 6 rings (SSSR count). The van der Waals surface area contributed by atoms with Gasteiger partial charge in [-0.2, -0.15) is 0 Å². The minimum atomic E-state index is 0.529. The molecule has 2 aliphatic rings. The quantitative estimate of drug-likeness (QED) is 0.369. The topological polar surface area (TPSA) is 37.7 Å². The van der Waals surface area contributed by atoms with Crippen molar-refractivity contribution in [2.75, 3.05) is 4.90 Å². The number of ether oxygens (including phenoxy) is 1. The Labute approximate surface area is 187 Å². The highest BCUT2D eigenvalue weighted by Crippen LogP contribution is 2.45. The lowest BCUT2D eigenvalue weighted by molar-refractivity contribution is 0.310. The maximum absolute atomic E-state index is 6.25. The molecule has 4 heteroatoms. The number of hydrogen-bond donors (Lipinski definition) is 0. The zero-order valence-electron chi connectivity index (χ0n) is 17.5. The Hall–Kier alpha value is -4.18. The Kier molecular flexibility index (Phi) is 4.54. The van der Waals surface area contributed by atoms with Crippen molar-refractivity contribution in [3.63, 3.8) is 0 Å². The van der Waals surface area contributed by atoms with Gasteiger partial charge in [-0.25, -0.2) is 0 Å². The second-order valence-electron chi connectivity index (χ2n) is 7.87. The number of anilines is 3. The van der Waals surface area contributed by atoms with E-state index in [0.717, 1.165) is 57.3 Å². The molecule has 154 valence electrons. The van der Waals surface area contributed by atoms with E-state index in [9.17, 15) is 0 Å². The van der Waals surface area contributed by atoms with Crippen molar-refractivity contribution >= 4 is 22.8 Å². The lowest BCUT2D eigenvalue weighted by Gasteiger charge is -2.27. The third-order valence-electron chi connectivity index (χ3n) is 5.86. The first kappa shape index (κ1) is 18.6. The summed E-state index contributed by atoms with van der Waals surface area (Å²) >= 11 is 0. The molecule has 4 aromatic rings. The number of fused-ring (bicyclic) bond motifs is 2. The van der Waals surface area contributed by atoms with Crippen LogP contribution in [0.3, 0.4) is 0 Å². The number of aliphatic imine (C=N–C) groups is 1. The van der Waals surface area contributed by atoms with Gasteiger partial charge in [0.1, 0.15) is 12.4 Å². The summed E-state index contributed by atoms with van der Waals surface area (Å²) in [5.41, 5.74) is 8.56. The van der Waals surface area contributed by atoms with Gasteiger partial charge in [0.2, 0.25) is 0 Å². The van der Waals surface area contributed by atoms with Crippen molar-refractivity contribution in [1.82, 2.24) is 4.98 Å². The van der Waals surface area contributed by atoms with Crippen LogP contribution in [0.1, 0.15) is 17.5 Å². The third kappa shape index (κ3) is 3.26. The molecule has 0 atom stereocenters. The molecule has 3 aromatic carbocycles. The van der Waals surface area contributed by atoms with Crippen LogP contribution in [0, 0.1) is 0 Å². The van der Waals surface area contributed by atoms with Crippen LogP contribution in [-0.2, 0) is 6.61 Å². The number of pyridine rings is 1. The maximum Gasteiger partial charge on any atom is 0.143 e. The van der Waals surface area contributed by atoms with E-state index >= 15 is 0 Å². The van der Waals surface area contributed by atoms with E-state index in [-0.39, 0.29) is 0 Å². The van der Waals surface area contributed by atoms with Crippen molar-refractivity contribution < 1.29 is 4.74 Å². The fraction of sp³-hybridized carbons (Fsp3) is 0.0714. The second-order valence-corrected chi connectivity index (χ2v) is 7.87. The Morgan fingerprint density at radius 2 is 1.72 bits per heavy atom. The van der Waals surface area contributed by atoms with Crippen LogP contribution in [0.25, 0.3) is 11.3 Å². The first-order chi connectivity index (χ1) is 15.9. The fourth-order valence-corrected chi connectivity index (χ4v) is 4.30. The van der Waals surface area contributed by atoms with Gasteiger partial charge in [0.05, 0.1) is 22.8 Å². The van der Waals surface area contributed by atoms with E-state index in [1.54, 1.807) is 0 Å². The summed E-state index contributed by atoms with van der Waals surface area (Å²) in [6.07, 6.45) is 6.64. The highest BCUT2D eigenvalue weighted by Gasteiger charge is 2.24. The van der Waals surface area contributed by atoms with Crippen molar-refractivity contribution in [2.45, 2.75) is 13.0 Å². The van der Waals surface area contributed by atoms with Gasteiger partial charge in [0, 0.05) is 35.6 Å². The van der Waals surface area contributed by atoms with E-state index < -0.39 is 0 Å². The molecule has 0 unspecified atom stereocenters. The van der Waals surface area contributed by atoms with Crippen molar-refractivity contribution in [3.05, 3.63) is 115 Å². The maximum atomic E-state index is 6.25. The summed E-state index contributed by atoms with van der Waals surface area (Å²) < 4.78 is 6.25. The highest BCUT2D eigenvalue weighted by atomic mass is 16.5. The van der Waals surface area contributed by atoms with Gasteiger partial charge in [0.15, 0.2) is 0 Å². The molecule has 0 saturated carbocycles. The zero-order valence-corrected chi connectivity index (χ0v) is 17.5. The monoisotopic (exact) mass is 415 g/mol. The smallest absolute Gasteiger partial charge is 0.143 e. The minimum Gasteiger partial charge on any atom is -0.487 e. The summed E-state index contributed by atoms with van der Waals surface area (Å²) in [7, 11) is 0. The van der Waals surface area contributed by atoms with Crippen LogP contribution >= 0.6 is 0 Å². The van der Waals surface area contributed by atoms with Crippen LogP contribution in [0.15, 0.2) is 108 Å². The molecular weight excluding hydrogens is 394 g/mol. The van der Waals surface area contributed by atoms with E-state index in [4.69, 9.17) is 4.74 Å². The Morgan fingerprint density at radius 3 is 2.59 bits per heavy atom. The molecule has 0 fully saturated rings. The normalized spacial score (nSPS) is 14.2. The molecule has 0 aliphatic carbocycles. The first-order valence-electron chi connectivity index (χ1n) is 10.8. The molecule has 4 nitrogen and oxygen atoms in total. The molecule has 0 radical (unpaired) electrons. The van der Waals surface area contributed by atoms with Crippen molar-refractivity contribution in [2.24, 2.45) is 4.99 Å². The van der Waals surface area contributed by atoms with Crippen molar-refractivity contribution in [3.8, 4) is 17.0 Å². The Morgan fingerprint density at radius 1 is 0.781 bits per heavy atom. The summed E-state index contributed by atoms with van der Waals surface area (Å²) in [6.45, 7) is 0.529. The van der Waals surface area contributed by atoms with Crippen LogP contribution in [0.4, 0.5) is 17.1 Å². The van der Waals surface area contributed by atoms with Gasteiger partial charge < -0.3 is 9.64 Å². The van der Waals surface area contributed by atoms with Crippen LogP contribution in [0.2, 0.25) is 0 Å². The molecule has 2 aliphatic heterocycles. The van der Waals surface area contributed by atoms with Gasteiger partial charge >= 0.3 is 0 Å². The number of nitrogens with zero attached hydrogens (tertiary/aromatic N) is 3. The average Bonchev–Trinajstić information content (AvgIpc) is 3.34. The van der Waals surface area contributed by atoms with E-state index in [0.29, 0.717) is 6.61 Å². The number of hydrogen-bond acceptors (Lipinski definition) is 4. The Balaban J connectivity index is 1.54. The first-order valence-corrected chi connectivity index (χ1v) is 10.8. The number of benzene rings is 3. The number of para-hydroxylation sites is 1. The van der Waals surface area contributed by atoms with Crippen LogP contribution in [0.5, 0.6) is 5.75 Å². The average molecular weight is 415 g/mol. The van der Waals surface area contributed by atoms with E-state index in [2.05, 4.69) is 87.7 Å². The summed E-state index contributed by atoms with van der Waals surface area (Å²) in [4.78, 5) is 11.4. The molecule has 32 heavy (non-hydrogen) atoms. The molecular formula is C28H21N3O. The molecule has 0 saturated heterocycles. The largest absolute Gasteiger partial charge is 0.487 e. The predicted molar refractivity (Wildman–Crippen MR) is 129 cm³/mol. The fourth-order valence-electron chi connectivity index (χ4n) is 4.30. The van der Waals surface area contributed by atoms with Gasteiger partial charge in [-0.1, -0.05) is 42.5 Å². The van der Waals surface area contributed by atoms with Crippen molar-refractivity contribution in [1.29, 1.82) is 0 Å². The summed E-state index contributed by atoms with van der Waals surface area (Å²) in [5, 5.41) is 0. The highest BCUT2D eigenvalue weighted by molar-refractivity contribution is 6.04. The van der Waals surface area contributed by atoms with E-state index in [1.807, 2.05) is 30.6 Å². The SMILES string of the molecule is C1=CN=C(c2ccc3c(c2)N(c2cccc(-c4ccccn4)c2)c2ccccc2CO3)C1. The van der Waals surface area contributed by atoms with Gasteiger partial charge in [0.25, 0.3) is 0 Å². The lowest BCUT2D eigenvalue weighted by atomic mass is 10.0. The van der Waals surface area contributed by atoms with Gasteiger partial charge in [-0.15, -0.1) is 0 Å². The Bertz CT molecular complexity index is 1360. The third-order valence-corrected chi connectivity index (χ3v) is 5.86. The number of rotatable bonds is 3. The van der Waals surface area contributed by atoms with Crippen LogP contribution in [-0.4, -0.2) is 10.7 Å². The van der Waals surface area contributed by atoms with Gasteiger partial charge in [-0.3, -0.25) is 9.98 Å². The molecule has 0 N–H and O–H groups in total. The molecule has 1 aromatic heterocycles. The zero-order chi connectivity index (χ0) is 21.3. The molecule has 0 bridgehead atoms. The minimum absolute atomic E-state index is 0.529. The predicted octanol–water partition coefficient (Wildman–Crippen LogP) is 6.82. The molecule has 0 spiro atoms. The van der Waals surface area contributed by atoms with Crippen LogP contribution < -0.4 is 9.64 Å². The molecule has 3 heterocycles.